The first-order valence-electron chi connectivity index (χ1n) is 24.8. The number of allylic oxidation sites excluding steroid dienone is 16. The van der Waals surface area contributed by atoms with Gasteiger partial charge in [0.25, 0.3) is 0 Å². The van der Waals surface area contributed by atoms with Crippen LogP contribution < -0.4 is 0 Å². The van der Waals surface area contributed by atoms with Crippen molar-refractivity contribution in [2.75, 3.05) is 19.8 Å². The molecule has 60 heavy (non-hydrogen) atoms. The fourth-order valence-corrected chi connectivity index (χ4v) is 6.49. The van der Waals surface area contributed by atoms with E-state index < -0.39 is 6.10 Å². The Hall–Kier alpha value is -3.18. The summed E-state index contributed by atoms with van der Waals surface area (Å²) in [6.45, 7) is 7.51. The number of ether oxygens (including phenoxy) is 3. The van der Waals surface area contributed by atoms with Gasteiger partial charge in [0, 0.05) is 19.4 Å². The van der Waals surface area contributed by atoms with Gasteiger partial charge in [-0.15, -0.1) is 0 Å². The SMILES string of the molecule is CC/C=C\C/C=C\C/C=C\C/C=C\C/C=C\CCCCCC(=O)OCC(COCCCCCC/C=C\C/C=C\C/C=C\CC)OC(=O)CCCCCCCCCCCCC. The fraction of sp³-hybridized carbons (Fsp3) is 0.673. The quantitative estimate of drug-likeness (QED) is 0.0348. The Bertz CT molecular complexity index is 1170. The van der Waals surface area contributed by atoms with Crippen molar-refractivity contribution < 1.29 is 23.8 Å². The molecule has 0 aliphatic heterocycles. The Kier molecular flexibility index (Phi) is 47.5. The van der Waals surface area contributed by atoms with Crippen LogP contribution in [0.4, 0.5) is 0 Å². The minimum absolute atomic E-state index is 0.0554. The van der Waals surface area contributed by atoms with E-state index in [1.807, 2.05) is 0 Å². The smallest absolute Gasteiger partial charge is 0.306 e. The molecule has 0 aliphatic rings. The van der Waals surface area contributed by atoms with Gasteiger partial charge in [0.15, 0.2) is 6.10 Å². The summed E-state index contributed by atoms with van der Waals surface area (Å²) in [5.74, 6) is -0.451. The maximum atomic E-state index is 12.7. The molecule has 0 amide bonds. The Morgan fingerprint density at radius 1 is 0.383 bits per heavy atom. The number of rotatable bonds is 44. The lowest BCUT2D eigenvalue weighted by Gasteiger charge is -2.18. The molecule has 0 rings (SSSR count). The van der Waals surface area contributed by atoms with E-state index in [1.165, 1.54) is 70.6 Å². The molecule has 1 unspecified atom stereocenters. The van der Waals surface area contributed by atoms with Crippen molar-refractivity contribution in [3.63, 3.8) is 0 Å². The summed E-state index contributed by atoms with van der Waals surface area (Å²) in [6, 6.07) is 0. The second kappa shape index (κ2) is 50.2. The van der Waals surface area contributed by atoms with E-state index in [0.717, 1.165) is 109 Å². The van der Waals surface area contributed by atoms with Crippen LogP contribution in [0.5, 0.6) is 0 Å². The molecule has 0 saturated heterocycles. The third kappa shape index (κ3) is 47.5. The molecule has 0 heterocycles. The molecule has 0 aromatic carbocycles. The maximum Gasteiger partial charge on any atom is 0.306 e. The second-order valence-electron chi connectivity index (χ2n) is 16.0. The van der Waals surface area contributed by atoms with Crippen molar-refractivity contribution in [3.05, 3.63) is 97.2 Å². The van der Waals surface area contributed by atoms with E-state index in [9.17, 15) is 9.59 Å². The van der Waals surface area contributed by atoms with Crippen LogP contribution in [-0.4, -0.2) is 37.9 Å². The first-order chi connectivity index (χ1) is 29.6. The zero-order valence-corrected chi connectivity index (χ0v) is 39.2. The minimum Gasteiger partial charge on any atom is -0.462 e. The van der Waals surface area contributed by atoms with Crippen LogP contribution >= 0.6 is 0 Å². The number of hydrogen-bond acceptors (Lipinski definition) is 5. The maximum absolute atomic E-state index is 12.7. The predicted octanol–water partition coefficient (Wildman–Crippen LogP) is 16.7. The first-order valence-corrected chi connectivity index (χ1v) is 24.8. The average Bonchev–Trinajstić information content (AvgIpc) is 3.25. The van der Waals surface area contributed by atoms with Gasteiger partial charge in [-0.05, 0) is 96.3 Å². The van der Waals surface area contributed by atoms with Gasteiger partial charge in [-0.25, -0.2) is 0 Å². The topological polar surface area (TPSA) is 61.8 Å². The Labute approximate surface area is 371 Å². The summed E-state index contributed by atoms with van der Waals surface area (Å²) in [4.78, 5) is 25.3. The van der Waals surface area contributed by atoms with Crippen molar-refractivity contribution >= 4 is 11.9 Å². The summed E-state index contributed by atoms with van der Waals surface area (Å²) < 4.78 is 17.3. The molecule has 1 atom stereocenters. The van der Waals surface area contributed by atoms with Gasteiger partial charge in [0.2, 0.25) is 0 Å². The van der Waals surface area contributed by atoms with Crippen molar-refractivity contribution in [2.24, 2.45) is 0 Å². The summed E-state index contributed by atoms with van der Waals surface area (Å²) in [5.41, 5.74) is 0. The molecule has 5 heteroatoms. The van der Waals surface area contributed by atoms with Crippen LogP contribution in [0.25, 0.3) is 0 Å². The van der Waals surface area contributed by atoms with Crippen LogP contribution in [0.2, 0.25) is 0 Å². The van der Waals surface area contributed by atoms with Gasteiger partial charge in [0.1, 0.15) is 6.61 Å². The summed E-state index contributed by atoms with van der Waals surface area (Å²) in [5, 5.41) is 0. The Morgan fingerprint density at radius 3 is 1.22 bits per heavy atom. The highest BCUT2D eigenvalue weighted by Gasteiger charge is 2.17. The Morgan fingerprint density at radius 2 is 0.750 bits per heavy atom. The van der Waals surface area contributed by atoms with Crippen molar-refractivity contribution in [2.45, 2.75) is 219 Å². The number of carbonyl (C=O) groups excluding carboxylic acids is 2. The predicted molar refractivity (Wildman–Crippen MR) is 260 cm³/mol. The molecule has 0 saturated carbocycles. The van der Waals surface area contributed by atoms with E-state index in [1.54, 1.807) is 0 Å². The average molecular weight is 833 g/mol. The first kappa shape index (κ1) is 56.8. The van der Waals surface area contributed by atoms with Gasteiger partial charge in [-0.2, -0.15) is 0 Å². The van der Waals surface area contributed by atoms with E-state index >= 15 is 0 Å². The van der Waals surface area contributed by atoms with Gasteiger partial charge >= 0.3 is 11.9 Å². The van der Waals surface area contributed by atoms with Gasteiger partial charge in [-0.1, -0.05) is 201 Å². The lowest BCUT2D eigenvalue weighted by molar-refractivity contribution is -0.163. The molecule has 5 nitrogen and oxygen atoms in total. The van der Waals surface area contributed by atoms with E-state index in [0.29, 0.717) is 19.4 Å². The van der Waals surface area contributed by atoms with Crippen LogP contribution in [0, 0.1) is 0 Å². The summed E-state index contributed by atoms with van der Waals surface area (Å²) in [7, 11) is 0. The van der Waals surface area contributed by atoms with E-state index in [2.05, 4.69) is 118 Å². The molecular weight excluding hydrogens is 741 g/mol. The number of carbonyl (C=O) groups is 2. The highest BCUT2D eigenvalue weighted by molar-refractivity contribution is 5.70. The van der Waals surface area contributed by atoms with E-state index in [-0.39, 0.29) is 25.2 Å². The number of esters is 2. The van der Waals surface area contributed by atoms with Crippen LogP contribution in [0.15, 0.2) is 97.2 Å². The largest absolute Gasteiger partial charge is 0.462 e. The lowest BCUT2D eigenvalue weighted by atomic mass is 10.1. The van der Waals surface area contributed by atoms with Crippen molar-refractivity contribution in [1.29, 1.82) is 0 Å². The monoisotopic (exact) mass is 833 g/mol. The normalized spacial score (nSPS) is 13.1. The molecular formula is C55H92O5. The molecule has 0 aromatic heterocycles. The third-order valence-corrected chi connectivity index (χ3v) is 10.1. The second-order valence-corrected chi connectivity index (χ2v) is 16.0. The van der Waals surface area contributed by atoms with E-state index in [4.69, 9.17) is 14.2 Å². The summed E-state index contributed by atoms with van der Waals surface area (Å²) in [6.07, 6.45) is 67.0. The highest BCUT2D eigenvalue weighted by Crippen LogP contribution is 2.13. The van der Waals surface area contributed by atoms with Crippen LogP contribution in [0.1, 0.15) is 213 Å². The Balaban J connectivity index is 4.34. The lowest BCUT2D eigenvalue weighted by Crippen LogP contribution is -2.30. The molecule has 0 aromatic rings. The number of unbranched alkanes of at least 4 members (excludes halogenated alkanes) is 17. The molecule has 0 radical (unpaired) electrons. The fourth-order valence-electron chi connectivity index (χ4n) is 6.49. The molecule has 0 N–H and O–H groups in total. The van der Waals surface area contributed by atoms with Crippen LogP contribution in [0.3, 0.4) is 0 Å². The standard InChI is InChI=1S/C55H92O5/c1-4-7-10-13-16-19-22-24-26-27-28-29-30-31-34-36-39-42-45-48-54(56)59-52-53(60-55(57)49-46-43-40-37-33-21-18-15-12-9-6-3)51-58-50-47-44-41-38-35-32-25-23-20-17-14-11-8-5-2/h7-8,10-11,16-17,19-20,24-26,28-29,31-32,34,53H,4-6,9,12-15,18,21-23,27,30,33,35-52H2,1-3H3/b10-7-,11-8-,19-16-,20-17-,26-24-,29-28-,32-25-,34-31-. The zero-order chi connectivity index (χ0) is 43.5. The molecule has 342 valence electrons. The molecule has 0 aliphatic carbocycles. The molecule has 0 spiro atoms. The van der Waals surface area contributed by atoms with Crippen molar-refractivity contribution in [3.8, 4) is 0 Å². The minimum atomic E-state index is -0.564. The van der Waals surface area contributed by atoms with Gasteiger partial charge in [0.05, 0.1) is 6.61 Å². The third-order valence-electron chi connectivity index (χ3n) is 10.1. The molecule has 0 fully saturated rings. The zero-order valence-electron chi connectivity index (χ0n) is 39.2. The van der Waals surface area contributed by atoms with Gasteiger partial charge < -0.3 is 14.2 Å². The number of hydrogen-bond donors (Lipinski definition) is 0. The molecule has 0 bridgehead atoms. The highest BCUT2D eigenvalue weighted by atomic mass is 16.6. The van der Waals surface area contributed by atoms with Gasteiger partial charge in [-0.3, -0.25) is 9.59 Å². The summed E-state index contributed by atoms with van der Waals surface area (Å²) >= 11 is 0. The van der Waals surface area contributed by atoms with Crippen molar-refractivity contribution in [1.82, 2.24) is 0 Å². The van der Waals surface area contributed by atoms with Crippen LogP contribution in [-0.2, 0) is 23.8 Å².